The summed E-state index contributed by atoms with van der Waals surface area (Å²) in [5, 5.41) is 3.27. The number of rotatable bonds is 2. The highest BCUT2D eigenvalue weighted by atomic mass is 16.2. The number of aromatic amines is 1. The van der Waals surface area contributed by atoms with Gasteiger partial charge in [-0.3, -0.25) is 9.78 Å². The molecule has 0 radical (unpaired) electrons. The second kappa shape index (κ2) is 6.67. The predicted molar refractivity (Wildman–Crippen MR) is 124 cm³/mol. The lowest BCUT2D eigenvalue weighted by Gasteiger charge is -2.27. The molecule has 0 unspecified atom stereocenters. The Bertz CT molecular complexity index is 1230. The van der Waals surface area contributed by atoms with Crippen molar-refractivity contribution >= 4 is 11.7 Å². The van der Waals surface area contributed by atoms with E-state index in [9.17, 15) is 4.79 Å². The predicted octanol–water partition coefficient (Wildman–Crippen LogP) is 4.05. The molecule has 0 atom stereocenters. The van der Waals surface area contributed by atoms with Crippen molar-refractivity contribution in [3.63, 3.8) is 0 Å². The van der Waals surface area contributed by atoms with Crippen molar-refractivity contribution in [2.24, 2.45) is 0 Å². The number of anilines is 1. The summed E-state index contributed by atoms with van der Waals surface area (Å²) in [5.41, 5.74) is 8.73. The van der Waals surface area contributed by atoms with E-state index in [4.69, 9.17) is 9.97 Å². The van der Waals surface area contributed by atoms with Gasteiger partial charge in [0.2, 0.25) is 0 Å². The molecular weight excluding hydrogens is 398 g/mol. The molecule has 0 bridgehead atoms. The number of amides is 1. The third kappa shape index (κ3) is 2.81. The van der Waals surface area contributed by atoms with Gasteiger partial charge in [0, 0.05) is 54.3 Å². The number of piperidine rings is 1. The molecule has 3 aromatic heterocycles. The van der Waals surface area contributed by atoms with E-state index in [0.29, 0.717) is 0 Å². The van der Waals surface area contributed by atoms with Crippen molar-refractivity contribution in [2.45, 2.75) is 56.9 Å². The molecule has 2 aliphatic heterocycles. The summed E-state index contributed by atoms with van der Waals surface area (Å²) >= 11 is 0. The monoisotopic (exact) mass is 425 g/mol. The van der Waals surface area contributed by atoms with E-state index in [1.165, 1.54) is 36.0 Å². The average molecular weight is 426 g/mol. The first-order valence-electron chi connectivity index (χ1n) is 12.0. The second-order valence-electron chi connectivity index (χ2n) is 9.92. The van der Waals surface area contributed by atoms with E-state index in [2.05, 4.69) is 33.4 Å². The first-order valence-corrected chi connectivity index (χ1v) is 12.0. The number of H-pyrrole nitrogens is 1. The zero-order chi connectivity index (χ0) is 21.3. The maximum absolute atomic E-state index is 12.9. The number of hydrogen-bond donors (Lipinski definition) is 2. The van der Waals surface area contributed by atoms with E-state index in [0.717, 1.165) is 79.2 Å². The molecule has 2 N–H and O–H groups in total. The minimum atomic E-state index is 0.0194. The van der Waals surface area contributed by atoms with Crippen molar-refractivity contribution in [1.82, 2.24) is 20.3 Å². The van der Waals surface area contributed by atoms with Gasteiger partial charge in [-0.25, -0.2) is 4.98 Å². The quantitative estimate of drug-likeness (QED) is 0.650. The van der Waals surface area contributed by atoms with Crippen LogP contribution in [0.4, 0.5) is 5.82 Å². The van der Waals surface area contributed by atoms with Crippen molar-refractivity contribution in [2.75, 3.05) is 18.0 Å². The summed E-state index contributed by atoms with van der Waals surface area (Å²) in [6.45, 7) is 2.19. The van der Waals surface area contributed by atoms with E-state index < -0.39 is 0 Å². The number of nitrogens with zero attached hydrogens (tertiary/aromatic N) is 3. The maximum Gasteiger partial charge on any atom is 0.253 e. The van der Waals surface area contributed by atoms with E-state index in [1.54, 1.807) is 0 Å². The molecule has 1 amide bonds. The average Bonchev–Trinajstić information content (AvgIpc) is 3.45. The largest absolute Gasteiger partial charge is 0.357 e. The van der Waals surface area contributed by atoms with Gasteiger partial charge in [-0.05, 0) is 74.3 Å². The third-order valence-corrected chi connectivity index (χ3v) is 7.78. The lowest BCUT2D eigenvalue weighted by Crippen LogP contribution is -2.43. The van der Waals surface area contributed by atoms with Crippen LogP contribution < -0.4 is 10.2 Å². The molecule has 4 aliphatic rings. The Morgan fingerprint density at radius 1 is 1.00 bits per heavy atom. The molecular formula is C26H27N5O. The fourth-order valence-electron chi connectivity index (χ4n) is 5.80. The fourth-order valence-corrected chi connectivity index (χ4v) is 5.80. The Labute approximate surface area is 187 Å². The number of fused-ring (bicyclic) bond motifs is 5. The molecule has 0 aromatic carbocycles. The highest BCUT2D eigenvalue weighted by Gasteiger charge is 2.49. The number of aryl methyl sites for hydroxylation is 1. The lowest BCUT2D eigenvalue weighted by molar-refractivity contribution is 0.0917. The van der Waals surface area contributed by atoms with Crippen LogP contribution in [0.1, 0.15) is 59.3 Å². The van der Waals surface area contributed by atoms with Crippen LogP contribution in [0.5, 0.6) is 0 Å². The van der Waals surface area contributed by atoms with Gasteiger partial charge in [-0.1, -0.05) is 0 Å². The first-order chi connectivity index (χ1) is 15.7. The summed E-state index contributed by atoms with van der Waals surface area (Å²) in [7, 11) is 0. The van der Waals surface area contributed by atoms with Crippen LogP contribution in [-0.2, 0) is 19.3 Å². The van der Waals surface area contributed by atoms with Gasteiger partial charge in [0.1, 0.15) is 5.82 Å². The molecule has 1 spiro atoms. The molecule has 5 heterocycles. The van der Waals surface area contributed by atoms with E-state index >= 15 is 0 Å². The molecule has 162 valence electrons. The molecule has 1 saturated carbocycles. The van der Waals surface area contributed by atoms with Crippen molar-refractivity contribution in [3.05, 3.63) is 53.0 Å². The molecule has 3 aromatic rings. The van der Waals surface area contributed by atoms with Crippen LogP contribution in [-0.4, -0.2) is 39.5 Å². The van der Waals surface area contributed by atoms with Gasteiger partial charge < -0.3 is 15.2 Å². The van der Waals surface area contributed by atoms with Crippen LogP contribution in [0.15, 0.2) is 30.6 Å². The summed E-state index contributed by atoms with van der Waals surface area (Å²) < 4.78 is 0. The normalized spacial score (nSPS) is 20.4. The number of carbonyl (C=O) groups is 1. The van der Waals surface area contributed by atoms with Gasteiger partial charge in [0.05, 0.1) is 17.0 Å². The first kappa shape index (κ1) is 18.4. The smallest absolute Gasteiger partial charge is 0.253 e. The SMILES string of the molecule is O=C1NC2(CC2)Cc2[nH]c3c(c21)CCc1cnc(-c2ccc(N4CCCCC4)nc2)cc1-3. The van der Waals surface area contributed by atoms with Crippen LogP contribution in [0.25, 0.3) is 22.5 Å². The van der Waals surface area contributed by atoms with Gasteiger partial charge in [0.25, 0.3) is 5.91 Å². The summed E-state index contributed by atoms with van der Waals surface area (Å²) in [6.07, 6.45) is 12.7. The summed E-state index contributed by atoms with van der Waals surface area (Å²) in [6, 6.07) is 6.44. The Morgan fingerprint density at radius 2 is 1.88 bits per heavy atom. The van der Waals surface area contributed by atoms with Crippen molar-refractivity contribution in [1.29, 1.82) is 0 Å². The summed E-state index contributed by atoms with van der Waals surface area (Å²) in [4.78, 5) is 28.4. The standard InChI is InChI=1S/C26H27N5O/c32-25-23-18-6-4-16-14-27-20(17-5-7-22(28-15-17)31-10-2-1-3-11-31)12-19(16)24(18)29-21(23)13-26(30-25)8-9-26/h5,7,12,14-15,29H,1-4,6,8-11,13H2,(H,30,32). The Hall–Kier alpha value is -3.15. The van der Waals surface area contributed by atoms with Crippen LogP contribution in [0, 0.1) is 0 Å². The van der Waals surface area contributed by atoms with Crippen molar-refractivity contribution in [3.8, 4) is 22.5 Å². The molecule has 32 heavy (non-hydrogen) atoms. The minimum Gasteiger partial charge on any atom is -0.357 e. The van der Waals surface area contributed by atoms with Crippen molar-refractivity contribution < 1.29 is 4.79 Å². The number of carbonyl (C=O) groups excluding carboxylic acids is 1. The van der Waals surface area contributed by atoms with Gasteiger partial charge in [0.15, 0.2) is 0 Å². The maximum atomic E-state index is 12.9. The number of hydrogen-bond acceptors (Lipinski definition) is 4. The number of pyridine rings is 2. The number of nitrogens with one attached hydrogen (secondary N) is 2. The van der Waals surface area contributed by atoms with Crippen LogP contribution in [0.2, 0.25) is 0 Å². The van der Waals surface area contributed by atoms with Crippen LogP contribution >= 0.6 is 0 Å². The highest BCUT2D eigenvalue weighted by Crippen LogP contribution is 2.45. The zero-order valence-corrected chi connectivity index (χ0v) is 18.2. The molecule has 1 saturated heterocycles. The van der Waals surface area contributed by atoms with Gasteiger partial charge in [-0.15, -0.1) is 0 Å². The van der Waals surface area contributed by atoms with Gasteiger partial charge >= 0.3 is 0 Å². The topological polar surface area (TPSA) is 73.9 Å². The minimum absolute atomic E-state index is 0.0194. The molecule has 2 fully saturated rings. The van der Waals surface area contributed by atoms with Gasteiger partial charge in [-0.2, -0.15) is 0 Å². The van der Waals surface area contributed by atoms with E-state index in [-0.39, 0.29) is 11.4 Å². The van der Waals surface area contributed by atoms with E-state index in [1.807, 2.05) is 12.4 Å². The lowest BCUT2D eigenvalue weighted by atomic mass is 9.87. The zero-order valence-electron chi connectivity index (χ0n) is 18.2. The second-order valence-corrected chi connectivity index (χ2v) is 9.92. The Morgan fingerprint density at radius 3 is 2.66 bits per heavy atom. The number of aromatic nitrogens is 3. The summed E-state index contributed by atoms with van der Waals surface area (Å²) in [5.74, 6) is 1.17. The third-order valence-electron chi connectivity index (χ3n) is 7.78. The highest BCUT2D eigenvalue weighted by molar-refractivity contribution is 6.01. The molecule has 2 aliphatic carbocycles. The molecule has 6 nitrogen and oxygen atoms in total. The molecule has 7 rings (SSSR count). The Balaban J connectivity index is 1.25. The molecule has 6 heteroatoms. The fraction of sp³-hybridized carbons (Fsp3) is 0.423. The Kier molecular flexibility index (Phi) is 3.84. The van der Waals surface area contributed by atoms with Crippen LogP contribution in [0.3, 0.4) is 0 Å².